The van der Waals surface area contributed by atoms with Crippen molar-refractivity contribution in [2.45, 2.75) is 52.5 Å². The van der Waals surface area contributed by atoms with Crippen LogP contribution < -0.4 is 10.6 Å². The van der Waals surface area contributed by atoms with Crippen LogP contribution in [0, 0.1) is 11.2 Å². The molecule has 1 aliphatic carbocycles. The van der Waals surface area contributed by atoms with Crippen molar-refractivity contribution in [1.82, 2.24) is 9.97 Å². The SMILES string of the molecule is CCNc1ncc(F)c(NC2CCCC(C)(C)C2)n1. The number of anilines is 2. The van der Waals surface area contributed by atoms with Crippen LogP contribution in [-0.2, 0) is 0 Å². The molecule has 1 aliphatic rings. The fourth-order valence-corrected chi connectivity index (χ4v) is 2.73. The van der Waals surface area contributed by atoms with Gasteiger partial charge in [-0.25, -0.2) is 9.37 Å². The van der Waals surface area contributed by atoms with Gasteiger partial charge in [-0.15, -0.1) is 0 Å². The third-order valence-electron chi connectivity index (χ3n) is 3.62. The van der Waals surface area contributed by atoms with E-state index in [0.29, 0.717) is 23.2 Å². The molecule has 0 saturated heterocycles. The number of rotatable bonds is 4. The van der Waals surface area contributed by atoms with E-state index in [1.54, 1.807) is 0 Å². The van der Waals surface area contributed by atoms with Crippen molar-refractivity contribution >= 4 is 11.8 Å². The van der Waals surface area contributed by atoms with E-state index in [0.717, 1.165) is 19.4 Å². The molecule has 1 saturated carbocycles. The highest BCUT2D eigenvalue weighted by Crippen LogP contribution is 2.36. The summed E-state index contributed by atoms with van der Waals surface area (Å²) >= 11 is 0. The minimum absolute atomic E-state index is 0.294. The molecule has 0 aliphatic heterocycles. The molecule has 2 N–H and O–H groups in total. The van der Waals surface area contributed by atoms with Gasteiger partial charge >= 0.3 is 0 Å². The Morgan fingerprint density at radius 3 is 2.95 bits per heavy atom. The summed E-state index contributed by atoms with van der Waals surface area (Å²) in [5.74, 6) is 0.403. The van der Waals surface area contributed by atoms with E-state index < -0.39 is 0 Å². The molecule has 1 aromatic heterocycles. The minimum Gasteiger partial charge on any atom is -0.365 e. The quantitative estimate of drug-likeness (QED) is 0.876. The summed E-state index contributed by atoms with van der Waals surface area (Å²) in [6.45, 7) is 7.22. The lowest BCUT2D eigenvalue weighted by Crippen LogP contribution is -2.32. The second kappa shape index (κ2) is 5.72. The lowest BCUT2D eigenvalue weighted by molar-refractivity contribution is 0.229. The highest BCUT2D eigenvalue weighted by atomic mass is 19.1. The van der Waals surface area contributed by atoms with Crippen LogP contribution in [0.5, 0.6) is 0 Å². The van der Waals surface area contributed by atoms with Crippen molar-refractivity contribution in [3.63, 3.8) is 0 Å². The highest BCUT2D eigenvalue weighted by Gasteiger charge is 2.28. The molecule has 5 heteroatoms. The average Bonchev–Trinajstić information content (AvgIpc) is 2.32. The number of hydrogen-bond acceptors (Lipinski definition) is 4. The fourth-order valence-electron chi connectivity index (χ4n) is 2.73. The number of halogens is 1. The predicted molar refractivity (Wildman–Crippen MR) is 75.8 cm³/mol. The molecule has 1 fully saturated rings. The molecule has 106 valence electrons. The maximum atomic E-state index is 13.7. The summed E-state index contributed by atoms with van der Waals surface area (Å²) in [4.78, 5) is 8.11. The molecule has 1 atom stereocenters. The number of aromatic nitrogens is 2. The molecule has 1 heterocycles. The summed E-state index contributed by atoms with van der Waals surface area (Å²) in [7, 11) is 0. The Balaban J connectivity index is 2.07. The molecule has 0 radical (unpaired) electrons. The van der Waals surface area contributed by atoms with Crippen LogP contribution in [0.25, 0.3) is 0 Å². The standard InChI is InChI=1S/C14H23FN4/c1-4-16-13-17-9-11(15)12(19-13)18-10-6-5-7-14(2,3)8-10/h9-10H,4-8H2,1-3H3,(H2,16,17,18,19). The predicted octanol–water partition coefficient (Wildman–Crippen LogP) is 3.43. The zero-order valence-corrected chi connectivity index (χ0v) is 12.0. The molecule has 1 aromatic rings. The number of hydrogen-bond donors (Lipinski definition) is 2. The van der Waals surface area contributed by atoms with E-state index in [1.165, 1.54) is 19.0 Å². The molecular formula is C14H23FN4. The zero-order valence-electron chi connectivity index (χ0n) is 12.0. The topological polar surface area (TPSA) is 49.8 Å². The molecule has 4 nitrogen and oxygen atoms in total. The molecule has 0 bridgehead atoms. The van der Waals surface area contributed by atoms with Crippen molar-refractivity contribution in [2.24, 2.45) is 5.41 Å². The summed E-state index contributed by atoms with van der Waals surface area (Å²) in [6, 6.07) is 0.294. The van der Waals surface area contributed by atoms with Crippen LogP contribution >= 0.6 is 0 Å². The van der Waals surface area contributed by atoms with Gasteiger partial charge in [-0.1, -0.05) is 20.3 Å². The van der Waals surface area contributed by atoms with Crippen molar-refractivity contribution in [2.75, 3.05) is 17.2 Å². The van der Waals surface area contributed by atoms with Crippen LogP contribution in [0.2, 0.25) is 0 Å². The van der Waals surface area contributed by atoms with Crippen molar-refractivity contribution in [3.05, 3.63) is 12.0 Å². The summed E-state index contributed by atoms with van der Waals surface area (Å²) in [5.41, 5.74) is 0.323. The Morgan fingerprint density at radius 1 is 1.47 bits per heavy atom. The smallest absolute Gasteiger partial charge is 0.224 e. The monoisotopic (exact) mass is 266 g/mol. The Bertz CT molecular complexity index is 433. The third-order valence-corrected chi connectivity index (χ3v) is 3.62. The summed E-state index contributed by atoms with van der Waals surface area (Å²) < 4.78 is 13.7. The summed E-state index contributed by atoms with van der Waals surface area (Å²) in [5, 5.41) is 6.24. The number of nitrogens with one attached hydrogen (secondary N) is 2. The number of nitrogens with zero attached hydrogens (tertiary/aromatic N) is 2. The Kier molecular flexibility index (Phi) is 4.22. The molecule has 1 unspecified atom stereocenters. The van der Waals surface area contributed by atoms with Gasteiger partial charge in [0.1, 0.15) is 0 Å². The molecule has 19 heavy (non-hydrogen) atoms. The maximum absolute atomic E-state index is 13.7. The van der Waals surface area contributed by atoms with Crippen LogP contribution in [0.4, 0.5) is 16.2 Å². The minimum atomic E-state index is -0.384. The molecule has 0 spiro atoms. The Hall–Kier alpha value is -1.39. The lowest BCUT2D eigenvalue weighted by Gasteiger charge is -2.35. The van der Waals surface area contributed by atoms with E-state index in [-0.39, 0.29) is 5.82 Å². The first kappa shape index (κ1) is 14.0. The van der Waals surface area contributed by atoms with Gasteiger partial charge in [0.2, 0.25) is 5.95 Å². The van der Waals surface area contributed by atoms with Gasteiger partial charge in [0.25, 0.3) is 0 Å². The van der Waals surface area contributed by atoms with Gasteiger partial charge in [-0.3, -0.25) is 0 Å². The van der Waals surface area contributed by atoms with Crippen LogP contribution in [0.3, 0.4) is 0 Å². The van der Waals surface area contributed by atoms with Crippen LogP contribution in [0.15, 0.2) is 6.20 Å². The summed E-state index contributed by atoms with van der Waals surface area (Å²) in [6.07, 6.45) is 5.76. The second-order valence-electron chi connectivity index (χ2n) is 6.02. The zero-order chi connectivity index (χ0) is 13.9. The van der Waals surface area contributed by atoms with Crippen molar-refractivity contribution < 1.29 is 4.39 Å². The highest BCUT2D eigenvalue weighted by molar-refractivity contribution is 5.41. The normalized spacial score (nSPS) is 22.0. The first-order valence-corrected chi connectivity index (χ1v) is 7.03. The lowest BCUT2D eigenvalue weighted by atomic mass is 9.75. The van der Waals surface area contributed by atoms with Crippen molar-refractivity contribution in [3.8, 4) is 0 Å². The van der Waals surface area contributed by atoms with E-state index in [4.69, 9.17) is 0 Å². The second-order valence-corrected chi connectivity index (χ2v) is 6.02. The molecule has 0 amide bonds. The van der Waals surface area contributed by atoms with Gasteiger partial charge in [0, 0.05) is 12.6 Å². The van der Waals surface area contributed by atoms with E-state index >= 15 is 0 Å². The van der Waals surface area contributed by atoms with E-state index in [9.17, 15) is 4.39 Å². The van der Waals surface area contributed by atoms with E-state index in [1.807, 2.05) is 6.92 Å². The van der Waals surface area contributed by atoms with Crippen molar-refractivity contribution in [1.29, 1.82) is 0 Å². The van der Waals surface area contributed by atoms with E-state index in [2.05, 4.69) is 34.4 Å². The van der Waals surface area contributed by atoms with Gasteiger partial charge in [-0.05, 0) is 31.6 Å². The average molecular weight is 266 g/mol. The molecule has 0 aromatic carbocycles. The van der Waals surface area contributed by atoms with Gasteiger partial charge in [0.15, 0.2) is 11.6 Å². The Labute approximate surface area is 114 Å². The largest absolute Gasteiger partial charge is 0.365 e. The van der Waals surface area contributed by atoms with Crippen LogP contribution in [0.1, 0.15) is 46.5 Å². The Morgan fingerprint density at radius 2 is 2.26 bits per heavy atom. The third kappa shape index (κ3) is 3.78. The fraction of sp³-hybridized carbons (Fsp3) is 0.714. The maximum Gasteiger partial charge on any atom is 0.224 e. The molecule has 2 rings (SSSR count). The first-order chi connectivity index (χ1) is 9.00. The van der Waals surface area contributed by atoms with Gasteiger partial charge < -0.3 is 10.6 Å². The van der Waals surface area contributed by atoms with Gasteiger partial charge in [-0.2, -0.15) is 4.98 Å². The van der Waals surface area contributed by atoms with Gasteiger partial charge in [0.05, 0.1) is 6.20 Å². The first-order valence-electron chi connectivity index (χ1n) is 7.03. The molecular weight excluding hydrogens is 243 g/mol. The van der Waals surface area contributed by atoms with Crippen LogP contribution in [-0.4, -0.2) is 22.6 Å².